The van der Waals surface area contributed by atoms with Gasteiger partial charge in [-0.05, 0) is 36.2 Å². The molecule has 1 N–H and O–H groups in total. The van der Waals surface area contributed by atoms with Gasteiger partial charge < -0.3 is 10.2 Å². The van der Waals surface area contributed by atoms with E-state index in [4.69, 9.17) is 0 Å². The predicted octanol–water partition coefficient (Wildman–Crippen LogP) is 2.99. The average molecular weight is 344 g/mol. The van der Waals surface area contributed by atoms with Gasteiger partial charge in [0.05, 0.1) is 11.6 Å². The van der Waals surface area contributed by atoms with Crippen LogP contribution in [0.3, 0.4) is 0 Å². The molecule has 1 heterocycles. The van der Waals surface area contributed by atoms with Crippen molar-refractivity contribution in [3.63, 3.8) is 0 Å². The molecule has 4 nitrogen and oxygen atoms in total. The molecule has 1 aliphatic heterocycles. The normalized spacial score (nSPS) is 17.0. The molecular formula is C19H18F2N2O2. The van der Waals surface area contributed by atoms with E-state index in [0.717, 1.165) is 5.56 Å². The Bertz CT molecular complexity index is 777. The number of hydrogen-bond acceptors (Lipinski definition) is 2. The number of carbonyl (C=O) groups is 2. The second-order valence-electron chi connectivity index (χ2n) is 6.09. The first-order valence-corrected chi connectivity index (χ1v) is 8.10. The van der Waals surface area contributed by atoms with E-state index in [0.29, 0.717) is 19.5 Å². The zero-order valence-corrected chi connectivity index (χ0v) is 13.5. The van der Waals surface area contributed by atoms with Gasteiger partial charge in [-0.15, -0.1) is 0 Å². The summed E-state index contributed by atoms with van der Waals surface area (Å²) < 4.78 is 26.5. The molecule has 130 valence electrons. The van der Waals surface area contributed by atoms with Crippen molar-refractivity contribution >= 4 is 17.5 Å². The van der Waals surface area contributed by atoms with Crippen molar-refractivity contribution in [1.29, 1.82) is 0 Å². The van der Waals surface area contributed by atoms with Crippen molar-refractivity contribution in [1.82, 2.24) is 4.90 Å². The lowest BCUT2D eigenvalue weighted by Crippen LogP contribution is -2.30. The van der Waals surface area contributed by atoms with Crippen molar-refractivity contribution in [2.24, 2.45) is 5.92 Å². The van der Waals surface area contributed by atoms with Gasteiger partial charge in [0.2, 0.25) is 11.8 Å². The first-order chi connectivity index (χ1) is 12.0. The van der Waals surface area contributed by atoms with Crippen LogP contribution in [-0.4, -0.2) is 29.8 Å². The second-order valence-corrected chi connectivity index (χ2v) is 6.09. The quantitative estimate of drug-likeness (QED) is 0.906. The summed E-state index contributed by atoms with van der Waals surface area (Å²) in [6.07, 6.45) is 0.706. The van der Waals surface area contributed by atoms with Gasteiger partial charge in [0.25, 0.3) is 0 Å². The summed E-state index contributed by atoms with van der Waals surface area (Å²) in [5.74, 6) is -1.77. The lowest BCUT2D eigenvalue weighted by molar-refractivity contribution is -0.128. The Kier molecular flexibility index (Phi) is 5.07. The van der Waals surface area contributed by atoms with Gasteiger partial charge in [0.15, 0.2) is 0 Å². The topological polar surface area (TPSA) is 49.4 Å². The number of para-hydroxylation sites is 1. The number of carbonyl (C=O) groups excluding carboxylic acids is 2. The zero-order chi connectivity index (χ0) is 17.8. The molecule has 2 aromatic carbocycles. The Hall–Kier alpha value is -2.76. The minimum Gasteiger partial charge on any atom is -0.342 e. The standard InChI is InChI=1S/C19H18F2N2O2/c20-15-7-5-13(6-8-15)9-10-23-12-14(11-18(23)24)19(25)22-17-4-2-1-3-16(17)21/h1-8,14H,9-12H2,(H,22,25)/t14-/m0/s1. The third-order valence-electron chi connectivity index (χ3n) is 4.30. The van der Waals surface area contributed by atoms with E-state index in [1.54, 1.807) is 29.2 Å². The number of anilines is 1. The minimum absolute atomic E-state index is 0.101. The summed E-state index contributed by atoms with van der Waals surface area (Å²) in [6.45, 7) is 0.772. The molecule has 0 radical (unpaired) electrons. The Morgan fingerprint density at radius 3 is 2.56 bits per heavy atom. The van der Waals surface area contributed by atoms with Crippen LogP contribution in [0.5, 0.6) is 0 Å². The number of rotatable bonds is 5. The molecule has 2 amide bonds. The van der Waals surface area contributed by atoms with E-state index in [1.807, 2.05) is 0 Å². The molecule has 1 saturated heterocycles. The number of halogens is 2. The monoisotopic (exact) mass is 344 g/mol. The lowest BCUT2D eigenvalue weighted by atomic mass is 10.1. The van der Waals surface area contributed by atoms with Crippen molar-refractivity contribution in [2.45, 2.75) is 12.8 Å². The Labute approximate surface area is 144 Å². The molecule has 0 bridgehead atoms. The van der Waals surface area contributed by atoms with Crippen molar-refractivity contribution in [3.8, 4) is 0 Å². The number of hydrogen-bond donors (Lipinski definition) is 1. The SMILES string of the molecule is O=C(Nc1ccccc1F)[C@H]1CC(=O)N(CCc2ccc(F)cc2)C1. The number of likely N-dealkylation sites (tertiary alicyclic amines) is 1. The molecule has 0 aromatic heterocycles. The molecule has 6 heteroatoms. The lowest BCUT2D eigenvalue weighted by Gasteiger charge is -2.16. The molecule has 1 atom stereocenters. The Morgan fingerprint density at radius 2 is 1.84 bits per heavy atom. The fourth-order valence-corrected chi connectivity index (χ4v) is 2.88. The van der Waals surface area contributed by atoms with Crippen LogP contribution in [0.4, 0.5) is 14.5 Å². The first kappa shape index (κ1) is 17.1. The molecule has 3 rings (SSSR count). The molecular weight excluding hydrogens is 326 g/mol. The fourth-order valence-electron chi connectivity index (χ4n) is 2.88. The van der Waals surface area contributed by atoms with Crippen LogP contribution in [-0.2, 0) is 16.0 Å². The highest BCUT2D eigenvalue weighted by molar-refractivity contribution is 5.97. The fraction of sp³-hybridized carbons (Fsp3) is 0.263. The number of benzene rings is 2. The van der Waals surface area contributed by atoms with Crippen LogP contribution in [0, 0.1) is 17.6 Å². The third kappa shape index (κ3) is 4.21. The summed E-state index contributed by atoms with van der Waals surface area (Å²) in [6, 6.07) is 12.0. The Balaban J connectivity index is 1.55. The van der Waals surface area contributed by atoms with E-state index in [9.17, 15) is 18.4 Å². The number of amides is 2. The molecule has 0 spiro atoms. The number of nitrogens with zero attached hydrogens (tertiary/aromatic N) is 1. The van der Waals surface area contributed by atoms with Crippen LogP contribution >= 0.6 is 0 Å². The molecule has 0 saturated carbocycles. The molecule has 2 aromatic rings. The van der Waals surface area contributed by atoms with Crippen molar-refractivity contribution in [3.05, 3.63) is 65.7 Å². The predicted molar refractivity (Wildman–Crippen MR) is 89.8 cm³/mol. The smallest absolute Gasteiger partial charge is 0.229 e. The highest BCUT2D eigenvalue weighted by Gasteiger charge is 2.34. The van der Waals surface area contributed by atoms with Crippen LogP contribution in [0.2, 0.25) is 0 Å². The molecule has 0 aliphatic carbocycles. The summed E-state index contributed by atoms with van der Waals surface area (Å²) in [5.41, 5.74) is 1.04. The van der Waals surface area contributed by atoms with Gasteiger partial charge >= 0.3 is 0 Å². The van der Waals surface area contributed by atoms with E-state index < -0.39 is 11.7 Å². The highest BCUT2D eigenvalue weighted by atomic mass is 19.1. The summed E-state index contributed by atoms with van der Waals surface area (Å²) >= 11 is 0. The maximum atomic E-state index is 13.6. The van der Waals surface area contributed by atoms with E-state index in [-0.39, 0.29) is 29.7 Å². The maximum Gasteiger partial charge on any atom is 0.229 e. The molecule has 1 aliphatic rings. The van der Waals surface area contributed by atoms with E-state index in [2.05, 4.69) is 5.32 Å². The van der Waals surface area contributed by atoms with Gasteiger partial charge in [-0.1, -0.05) is 24.3 Å². The van der Waals surface area contributed by atoms with E-state index >= 15 is 0 Å². The summed E-state index contributed by atoms with van der Waals surface area (Å²) in [7, 11) is 0. The van der Waals surface area contributed by atoms with Crippen molar-refractivity contribution in [2.75, 3.05) is 18.4 Å². The van der Waals surface area contributed by atoms with Crippen LogP contribution < -0.4 is 5.32 Å². The second kappa shape index (κ2) is 7.42. The average Bonchev–Trinajstić information content (AvgIpc) is 2.97. The Morgan fingerprint density at radius 1 is 1.12 bits per heavy atom. The molecule has 0 unspecified atom stereocenters. The zero-order valence-electron chi connectivity index (χ0n) is 13.5. The summed E-state index contributed by atoms with van der Waals surface area (Å²) in [5, 5.41) is 2.54. The van der Waals surface area contributed by atoms with E-state index in [1.165, 1.54) is 24.3 Å². The molecule has 1 fully saturated rings. The summed E-state index contributed by atoms with van der Waals surface area (Å²) in [4.78, 5) is 26.0. The maximum absolute atomic E-state index is 13.6. The van der Waals surface area contributed by atoms with Gasteiger partial charge in [-0.2, -0.15) is 0 Å². The van der Waals surface area contributed by atoms with Gasteiger partial charge in [-0.3, -0.25) is 9.59 Å². The van der Waals surface area contributed by atoms with Crippen LogP contribution in [0.15, 0.2) is 48.5 Å². The largest absolute Gasteiger partial charge is 0.342 e. The third-order valence-corrected chi connectivity index (χ3v) is 4.30. The van der Waals surface area contributed by atoms with Crippen LogP contribution in [0.1, 0.15) is 12.0 Å². The van der Waals surface area contributed by atoms with Gasteiger partial charge in [0.1, 0.15) is 11.6 Å². The highest BCUT2D eigenvalue weighted by Crippen LogP contribution is 2.21. The van der Waals surface area contributed by atoms with Crippen LogP contribution in [0.25, 0.3) is 0 Å². The van der Waals surface area contributed by atoms with Crippen molar-refractivity contribution < 1.29 is 18.4 Å². The van der Waals surface area contributed by atoms with Gasteiger partial charge in [0, 0.05) is 19.5 Å². The number of nitrogens with one attached hydrogen (secondary N) is 1. The molecule has 25 heavy (non-hydrogen) atoms. The van der Waals surface area contributed by atoms with Gasteiger partial charge in [-0.25, -0.2) is 8.78 Å². The first-order valence-electron chi connectivity index (χ1n) is 8.10. The minimum atomic E-state index is -0.506.